The minimum Gasteiger partial charge on any atom is -0.506 e. The number of hydrogen-bond donors (Lipinski definition) is 2. The average Bonchev–Trinajstić information content (AvgIpc) is 2.86. The minimum atomic E-state index is -0.513. The van der Waals surface area contributed by atoms with Crippen LogP contribution in [0, 0.1) is 0 Å². The summed E-state index contributed by atoms with van der Waals surface area (Å²) in [4.78, 5) is 24.3. The van der Waals surface area contributed by atoms with Gasteiger partial charge in [0, 0.05) is 31.6 Å². The summed E-state index contributed by atoms with van der Waals surface area (Å²) in [5.74, 6) is 1.02. The maximum Gasteiger partial charge on any atom is 0.264 e. The molecule has 0 aliphatic carbocycles. The third-order valence-electron chi connectivity index (χ3n) is 5.51. The fraction of sp³-hybridized carbons (Fsp3) is 0.296. The van der Waals surface area contributed by atoms with Crippen molar-refractivity contribution >= 4 is 5.90 Å². The van der Waals surface area contributed by atoms with Gasteiger partial charge in [0.05, 0.1) is 25.3 Å². The maximum absolute atomic E-state index is 13.2. The lowest BCUT2D eigenvalue weighted by atomic mass is 9.95. The van der Waals surface area contributed by atoms with Crippen LogP contribution in [-0.2, 0) is 17.6 Å². The highest BCUT2D eigenvalue weighted by molar-refractivity contribution is 6.00. The molecule has 0 unspecified atom stereocenters. The number of pyridine rings is 2. The van der Waals surface area contributed by atoms with Crippen LogP contribution in [0.3, 0.4) is 0 Å². The molecule has 0 bridgehead atoms. The van der Waals surface area contributed by atoms with Crippen molar-refractivity contribution in [1.29, 1.82) is 0 Å². The summed E-state index contributed by atoms with van der Waals surface area (Å²) < 4.78 is 17.0. The van der Waals surface area contributed by atoms with Crippen LogP contribution in [-0.4, -0.2) is 42.2 Å². The first-order valence-corrected chi connectivity index (χ1v) is 11.4. The van der Waals surface area contributed by atoms with Gasteiger partial charge in [-0.2, -0.15) is 0 Å². The van der Waals surface area contributed by atoms with Crippen molar-refractivity contribution in [2.45, 2.75) is 32.6 Å². The number of aromatic hydroxyl groups is 1. The van der Waals surface area contributed by atoms with Gasteiger partial charge < -0.3 is 24.3 Å². The van der Waals surface area contributed by atoms with Crippen LogP contribution >= 0.6 is 0 Å². The van der Waals surface area contributed by atoms with E-state index in [1.54, 1.807) is 30.6 Å². The van der Waals surface area contributed by atoms with E-state index in [0.29, 0.717) is 46.9 Å². The van der Waals surface area contributed by atoms with E-state index in [2.05, 4.69) is 28.5 Å². The summed E-state index contributed by atoms with van der Waals surface area (Å²) >= 11 is 0. The SMILES string of the molecule is C=C(Cc1cccnc1)OC(=NC)c1c(O)c(-c2c(OC)cccc2OC)c(CCCC)[nH]c1=O. The second kappa shape index (κ2) is 11.9. The molecule has 0 spiro atoms. The van der Waals surface area contributed by atoms with Gasteiger partial charge in [0.25, 0.3) is 5.56 Å². The fourth-order valence-electron chi connectivity index (χ4n) is 3.86. The first-order valence-electron chi connectivity index (χ1n) is 11.4. The standard InChI is InChI=1S/C27H31N3O5/c1-6-7-11-19-22(23-20(33-4)12-8-13-21(23)34-5)25(31)24(26(32)30-19)27(28-3)35-17(2)15-18-10-9-14-29-16-18/h8-10,12-14,16H,2,6-7,11,15H2,1,3-5H3,(H2,30,31,32). The van der Waals surface area contributed by atoms with Crippen molar-refractivity contribution in [3.63, 3.8) is 0 Å². The number of unbranched alkanes of at least 4 members (excludes halogenated alkanes) is 1. The Hall–Kier alpha value is -4.07. The molecular weight excluding hydrogens is 446 g/mol. The number of aromatic nitrogens is 2. The van der Waals surface area contributed by atoms with E-state index in [1.807, 2.05) is 12.1 Å². The molecule has 3 rings (SSSR count). The molecule has 0 saturated heterocycles. The van der Waals surface area contributed by atoms with E-state index in [0.717, 1.165) is 18.4 Å². The highest BCUT2D eigenvalue weighted by Gasteiger charge is 2.27. The maximum atomic E-state index is 13.2. The van der Waals surface area contributed by atoms with E-state index in [1.165, 1.54) is 21.3 Å². The largest absolute Gasteiger partial charge is 0.506 e. The van der Waals surface area contributed by atoms with Crippen molar-refractivity contribution in [1.82, 2.24) is 9.97 Å². The van der Waals surface area contributed by atoms with Gasteiger partial charge in [0.15, 0.2) is 0 Å². The third-order valence-corrected chi connectivity index (χ3v) is 5.51. The van der Waals surface area contributed by atoms with Crippen molar-refractivity contribution in [2.24, 2.45) is 4.99 Å². The summed E-state index contributed by atoms with van der Waals surface area (Å²) in [5, 5.41) is 11.5. The number of aromatic amines is 1. The number of hydrogen-bond acceptors (Lipinski definition) is 7. The molecule has 8 nitrogen and oxygen atoms in total. The van der Waals surface area contributed by atoms with Crippen LogP contribution in [0.15, 0.2) is 64.9 Å². The molecule has 0 aliphatic rings. The summed E-state index contributed by atoms with van der Waals surface area (Å²) in [6, 6.07) is 9.04. The number of H-pyrrole nitrogens is 1. The van der Waals surface area contributed by atoms with Crippen LogP contribution in [0.5, 0.6) is 17.2 Å². The highest BCUT2D eigenvalue weighted by atomic mass is 16.5. The number of rotatable bonds is 10. The Morgan fingerprint density at radius 3 is 2.43 bits per heavy atom. The smallest absolute Gasteiger partial charge is 0.264 e. The first-order chi connectivity index (χ1) is 16.9. The Bertz CT molecular complexity index is 1240. The number of nitrogens with one attached hydrogen (secondary N) is 1. The molecule has 2 N–H and O–H groups in total. The van der Waals surface area contributed by atoms with Crippen LogP contribution in [0.4, 0.5) is 0 Å². The third kappa shape index (κ3) is 5.71. The number of nitrogens with zero attached hydrogens (tertiary/aromatic N) is 2. The van der Waals surface area contributed by atoms with Crippen molar-refractivity contribution in [3.05, 3.63) is 82.2 Å². The highest BCUT2D eigenvalue weighted by Crippen LogP contribution is 2.44. The van der Waals surface area contributed by atoms with Gasteiger partial charge in [-0.15, -0.1) is 0 Å². The predicted octanol–water partition coefficient (Wildman–Crippen LogP) is 4.65. The van der Waals surface area contributed by atoms with Crippen molar-refractivity contribution in [2.75, 3.05) is 21.3 Å². The molecule has 2 aromatic heterocycles. The lowest BCUT2D eigenvalue weighted by molar-refractivity contribution is 0.394. The number of aryl methyl sites for hydroxylation is 1. The molecule has 3 aromatic rings. The van der Waals surface area contributed by atoms with Crippen molar-refractivity contribution < 1.29 is 19.3 Å². The number of methoxy groups -OCH3 is 2. The molecular formula is C27H31N3O5. The molecule has 8 heteroatoms. The Balaban J connectivity index is 2.15. The summed E-state index contributed by atoms with van der Waals surface area (Å²) in [7, 11) is 4.57. The molecule has 2 heterocycles. The van der Waals surface area contributed by atoms with E-state index in [9.17, 15) is 9.90 Å². The zero-order chi connectivity index (χ0) is 25.4. The molecule has 35 heavy (non-hydrogen) atoms. The van der Waals surface area contributed by atoms with Gasteiger partial charge in [-0.3, -0.25) is 14.8 Å². The summed E-state index contributed by atoms with van der Waals surface area (Å²) in [5.41, 5.74) is 1.79. The quantitative estimate of drug-likeness (QED) is 0.250. The molecule has 1 aromatic carbocycles. The number of ether oxygens (including phenoxy) is 3. The van der Waals surface area contributed by atoms with Crippen LogP contribution in [0.25, 0.3) is 11.1 Å². The molecule has 0 aliphatic heterocycles. The van der Waals surface area contributed by atoms with E-state index in [-0.39, 0.29) is 17.2 Å². The average molecular weight is 478 g/mol. The molecule has 0 saturated carbocycles. The van der Waals surface area contributed by atoms with E-state index >= 15 is 0 Å². The molecule has 0 fully saturated rings. The van der Waals surface area contributed by atoms with Gasteiger partial charge in [-0.25, -0.2) is 0 Å². The van der Waals surface area contributed by atoms with Crippen LogP contribution in [0.2, 0.25) is 0 Å². The van der Waals surface area contributed by atoms with Gasteiger partial charge >= 0.3 is 0 Å². The normalized spacial score (nSPS) is 11.3. The topological polar surface area (TPSA) is 106 Å². The number of benzene rings is 1. The minimum absolute atomic E-state index is 0.0465. The molecule has 0 radical (unpaired) electrons. The Labute approximate surface area is 205 Å². The zero-order valence-corrected chi connectivity index (χ0v) is 20.6. The van der Waals surface area contributed by atoms with Gasteiger partial charge in [0.2, 0.25) is 5.90 Å². The lowest BCUT2D eigenvalue weighted by Gasteiger charge is -2.20. The van der Waals surface area contributed by atoms with Gasteiger partial charge in [-0.05, 0) is 36.6 Å². The Kier molecular flexibility index (Phi) is 8.67. The second-order valence-electron chi connectivity index (χ2n) is 7.88. The number of allylic oxidation sites excluding steroid dienone is 1. The molecule has 0 atom stereocenters. The summed E-state index contributed by atoms with van der Waals surface area (Å²) in [6.07, 6.45) is 6.02. The van der Waals surface area contributed by atoms with Crippen LogP contribution in [0.1, 0.15) is 36.6 Å². The summed E-state index contributed by atoms with van der Waals surface area (Å²) in [6.45, 7) is 6.01. The second-order valence-corrected chi connectivity index (χ2v) is 7.88. The van der Waals surface area contributed by atoms with E-state index < -0.39 is 5.56 Å². The number of aliphatic imine (C=N–C) groups is 1. The monoisotopic (exact) mass is 477 g/mol. The Morgan fingerprint density at radius 2 is 1.86 bits per heavy atom. The zero-order valence-electron chi connectivity index (χ0n) is 20.6. The van der Waals surface area contributed by atoms with Crippen molar-refractivity contribution in [3.8, 4) is 28.4 Å². The molecule has 184 valence electrons. The molecule has 0 amide bonds. The first kappa shape index (κ1) is 25.6. The fourth-order valence-corrected chi connectivity index (χ4v) is 3.86. The van der Waals surface area contributed by atoms with Gasteiger partial charge in [-0.1, -0.05) is 32.1 Å². The van der Waals surface area contributed by atoms with Crippen LogP contribution < -0.4 is 15.0 Å². The predicted molar refractivity (Wildman–Crippen MR) is 137 cm³/mol. The Morgan fingerprint density at radius 1 is 1.14 bits per heavy atom. The lowest BCUT2D eigenvalue weighted by Crippen LogP contribution is -2.23. The van der Waals surface area contributed by atoms with E-state index in [4.69, 9.17) is 14.2 Å². The van der Waals surface area contributed by atoms with Gasteiger partial charge in [0.1, 0.15) is 28.6 Å².